The summed E-state index contributed by atoms with van der Waals surface area (Å²) < 4.78 is 54.9. The smallest absolute Gasteiger partial charge is 0.333 e. The highest BCUT2D eigenvalue weighted by Crippen LogP contribution is 2.52. The van der Waals surface area contributed by atoms with E-state index in [4.69, 9.17) is 23.5 Å². The van der Waals surface area contributed by atoms with Gasteiger partial charge >= 0.3 is 5.69 Å². The van der Waals surface area contributed by atoms with Crippen molar-refractivity contribution in [2.24, 2.45) is 5.73 Å². The van der Waals surface area contributed by atoms with Gasteiger partial charge in [-0.15, -0.1) is 0 Å². The molecule has 11 nitrogen and oxygen atoms in total. The Balaban J connectivity index is 2.15. The van der Waals surface area contributed by atoms with Crippen molar-refractivity contribution in [1.29, 1.82) is 0 Å². The average molecular weight is 781 g/mol. The predicted octanol–water partition coefficient (Wildman–Crippen LogP) is 6.26. The first-order valence-corrected chi connectivity index (χ1v) is 25.1. The lowest BCUT2D eigenvalue weighted by atomic mass is 9.89. The van der Waals surface area contributed by atoms with E-state index in [9.17, 15) is 18.0 Å². The Labute approximate surface area is 292 Å². The third-order valence-electron chi connectivity index (χ3n) is 10.5. The largest absolute Gasteiger partial charge is 0.414 e. The summed E-state index contributed by atoms with van der Waals surface area (Å²) in [5, 5.41) is 1.46. The standard InChI is InChI=1S/C32H58BrN3O8SSi2/c1-23-20-36(29(38)35(27(23)37)19-17-15-13-12-14-16-18-33)28-26(43-47(10,11)31(5,6)7)32(24(34)22-45(39,40)44-32)25(42-28)21-41-46(8,9)30(2,3)4/h20,22,25-26,28H,12-19,21,34H2,1-11H3. The molecule has 4 atom stereocenters. The summed E-state index contributed by atoms with van der Waals surface area (Å²) in [6, 6.07) is 0. The lowest BCUT2D eigenvalue weighted by Gasteiger charge is -2.43. The molecule has 270 valence electrons. The van der Waals surface area contributed by atoms with E-state index in [0.29, 0.717) is 12.0 Å². The molecule has 0 amide bonds. The molecular weight excluding hydrogens is 723 g/mol. The fraction of sp³-hybridized carbons (Fsp3) is 0.812. The van der Waals surface area contributed by atoms with Crippen molar-refractivity contribution in [2.75, 3.05) is 11.9 Å². The molecule has 15 heteroatoms. The molecule has 47 heavy (non-hydrogen) atoms. The van der Waals surface area contributed by atoms with E-state index in [0.717, 1.165) is 42.8 Å². The number of alkyl halides is 1. The summed E-state index contributed by atoms with van der Waals surface area (Å²) in [7, 11) is -9.25. The van der Waals surface area contributed by atoms with Gasteiger partial charge in [0.1, 0.15) is 12.2 Å². The number of hydrogen-bond donors (Lipinski definition) is 1. The third-order valence-corrected chi connectivity index (χ3v) is 21.0. The number of unbranched alkanes of at least 4 members (excludes halogenated alkanes) is 5. The molecule has 0 saturated carbocycles. The number of rotatable bonds is 14. The molecule has 0 aliphatic carbocycles. The first-order valence-electron chi connectivity index (χ1n) is 16.7. The van der Waals surface area contributed by atoms with Crippen LogP contribution in [-0.2, 0) is 34.4 Å². The van der Waals surface area contributed by atoms with Gasteiger partial charge in [0.2, 0.25) is 0 Å². The molecule has 2 N–H and O–H groups in total. The molecule has 1 saturated heterocycles. The number of hydrogen-bond acceptors (Lipinski definition) is 9. The summed E-state index contributed by atoms with van der Waals surface area (Å²) >= 11 is 3.46. The molecule has 4 unspecified atom stereocenters. The number of halogens is 1. The van der Waals surface area contributed by atoms with Gasteiger partial charge in [0.05, 0.1) is 17.7 Å². The minimum Gasteiger partial charge on any atom is -0.414 e. The van der Waals surface area contributed by atoms with Crippen LogP contribution in [0.5, 0.6) is 0 Å². The van der Waals surface area contributed by atoms with Crippen LogP contribution in [0.2, 0.25) is 36.3 Å². The van der Waals surface area contributed by atoms with Gasteiger partial charge in [-0.05, 0) is 56.0 Å². The molecular formula is C32H58BrN3O8SSi2. The van der Waals surface area contributed by atoms with Gasteiger partial charge in [-0.2, -0.15) is 8.42 Å². The van der Waals surface area contributed by atoms with Gasteiger partial charge in [0.25, 0.3) is 15.7 Å². The lowest BCUT2D eigenvalue weighted by Crippen LogP contribution is -2.59. The summed E-state index contributed by atoms with van der Waals surface area (Å²) in [4.78, 5) is 27.5. The van der Waals surface area contributed by atoms with Crippen molar-refractivity contribution in [3.8, 4) is 0 Å². The van der Waals surface area contributed by atoms with E-state index in [1.165, 1.54) is 15.3 Å². The molecule has 2 aliphatic rings. The van der Waals surface area contributed by atoms with E-state index >= 15 is 0 Å². The number of nitrogens with zero attached hydrogens (tertiary/aromatic N) is 2. The van der Waals surface area contributed by atoms with Crippen LogP contribution in [0.25, 0.3) is 0 Å². The molecule has 1 fully saturated rings. The van der Waals surface area contributed by atoms with E-state index in [1.807, 2.05) is 13.1 Å². The van der Waals surface area contributed by atoms with E-state index in [2.05, 4.69) is 70.6 Å². The Morgan fingerprint density at radius 3 is 2.02 bits per heavy atom. The van der Waals surface area contributed by atoms with Gasteiger partial charge in [0.15, 0.2) is 28.5 Å². The summed E-state index contributed by atoms with van der Waals surface area (Å²) in [6.07, 6.45) is 4.09. The zero-order chi connectivity index (χ0) is 35.8. The lowest BCUT2D eigenvalue weighted by molar-refractivity contribution is -0.0567. The monoisotopic (exact) mass is 779 g/mol. The van der Waals surface area contributed by atoms with E-state index < -0.39 is 56.5 Å². The summed E-state index contributed by atoms with van der Waals surface area (Å²) in [5.74, 6) is 0. The Morgan fingerprint density at radius 1 is 0.957 bits per heavy atom. The minimum atomic E-state index is -4.21. The van der Waals surface area contributed by atoms with Crippen molar-refractivity contribution in [3.63, 3.8) is 0 Å². The highest BCUT2D eigenvalue weighted by atomic mass is 79.9. The second-order valence-corrected chi connectivity index (χ2v) is 27.8. The Kier molecular flexibility index (Phi) is 12.6. The first kappa shape index (κ1) is 40.4. The van der Waals surface area contributed by atoms with E-state index in [1.54, 1.807) is 6.92 Å². The zero-order valence-corrected chi connectivity index (χ0v) is 34.7. The fourth-order valence-corrected chi connectivity index (χ4v) is 9.33. The van der Waals surface area contributed by atoms with Crippen LogP contribution in [0.4, 0.5) is 0 Å². The Bertz CT molecular complexity index is 1530. The van der Waals surface area contributed by atoms with Crippen LogP contribution < -0.4 is 17.0 Å². The van der Waals surface area contributed by atoms with Crippen LogP contribution in [0.15, 0.2) is 26.9 Å². The van der Waals surface area contributed by atoms with Gasteiger partial charge in [-0.1, -0.05) is 83.2 Å². The first-order chi connectivity index (χ1) is 21.4. The number of nitrogens with two attached hydrogens (primary N) is 1. The van der Waals surface area contributed by atoms with Crippen LogP contribution in [0.3, 0.4) is 0 Å². The third kappa shape index (κ3) is 8.63. The van der Waals surface area contributed by atoms with Gasteiger partial charge in [-0.25, -0.2) is 8.98 Å². The van der Waals surface area contributed by atoms with Crippen LogP contribution in [0.1, 0.15) is 91.9 Å². The predicted molar refractivity (Wildman–Crippen MR) is 195 cm³/mol. The van der Waals surface area contributed by atoms with Crippen molar-refractivity contribution >= 4 is 42.7 Å². The molecule has 0 radical (unpaired) electrons. The van der Waals surface area contributed by atoms with E-state index in [-0.39, 0.29) is 34.5 Å². The fourth-order valence-electron chi connectivity index (χ4n) is 5.42. The normalized spacial score (nSPS) is 25.1. The van der Waals surface area contributed by atoms with Crippen molar-refractivity contribution in [1.82, 2.24) is 9.13 Å². The van der Waals surface area contributed by atoms with Crippen molar-refractivity contribution in [2.45, 2.75) is 154 Å². The molecule has 3 heterocycles. The summed E-state index contributed by atoms with van der Waals surface area (Å²) in [6.45, 7) is 22.7. The van der Waals surface area contributed by atoms with Crippen LogP contribution in [-0.4, -0.2) is 63.9 Å². The Morgan fingerprint density at radius 2 is 1.51 bits per heavy atom. The van der Waals surface area contributed by atoms with Crippen LogP contribution >= 0.6 is 15.9 Å². The molecule has 1 spiro atoms. The number of ether oxygens (including phenoxy) is 1. The molecule has 0 aromatic carbocycles. The zero-order valence-electron chi connectivity index (χ0n) is 30.3. The van der Waals surface area contributed by atoms with Crippen LogP contribution in [0, 0.1) is 6.92 Å². The highest BCUT2D eigenvalue weighted by Gasteiger charge is 2.67. The molecule has 2 aliphatic heterocycles. The second kappa shape index (κ2) is 14.6. The maximum absolute atomic E-state index is 14.2. The maximum atomic E-state index is 14.2. The van der Waals surface area contributed by atoms with Crippen molar-refractivity contribution < 1.29 is 26.2 Å². The molecule has 1 aromatic heterocycles. The van der Waals surface area contributed by atoms with Gasteiger partial charge < -0.3 is 19.3 Å². The SMILES string of the molecule is Cc1cn(C2OC(CO[Si](C)(C)C(C)(C)C)C3(OS(=O)(=O)C=C3N)C2O[Si](C)(C)C(C)(C)C)c(=O)n(CCCCCCCCBr)c1=O. The minimum absolute atomic E-state index is 0.0309. The van der Waals surface area contributed by atoms with Crippen molar-refractivity contribution in [3.05, 3.63) is 43.7 Å². The maximum Gasteiger partial charge on any atom is 0.333 e. The quantitative estimate of drug-likeness (QED) is 0.100. The second-order valence-electron chi connectivity index (χ2n) is 16.1. The topological polar surface area (TPSA) is 141 Å². The number of aryl methyl sites for hydroxylation is 1. The summed E-state index contributed by atoms with van der Waals surface area (Å²) in [5.41, 5.74) is 4.18. The average Bonchev–Trinajstić information content (AvgIpc) is 3.35. The number of aromatic nitrogens is 2. The van der Waals surface area contributed by atoms with Gasteiger partial charge in [-0.3, -0.25) is 13.9 Å². The van der Waals surface area contributed by atoms with Gasteiger partial charge in [0, 0.05) is 23.6 Å². The molecule has 1 aromatic rings. The Hall–Kier alpha value is -1.08. The highest BCUT2D eigenvalue weighted by molar-refractivity contribution is 9.09. The molecule has 0 bridgehead atoms. The molecule has 3 rings (SSSR count).